The molecule has 3 aromatic carbocycles. The zero-order valence-corrected chi connectivity index (χ0v) is 25.3. The number of amidine groups is 1. The van der Waals surface area contributed by atoms with Gasteiger partial charge in [-0.05, 0) is 38.3 Å². The minimum Gasteiger partial charge on any atom is -0.444 e. The van der Waals surface area contributed by atoms with Crippen LogP contribution in [0.4, 0.5) is 4.79 Å². The summed E-state index contributed by atoms with van der Waals surface area (Å²) in [5.74, 6) is -0.161. The normalized spacial score (nSPS) is 11.0. The van der Waals surface area contributed by atoms with Crippen LogP contribution in [0.2, 0.25) is 0 Å². The Morgan fingerprint density at radius 1 is 0.841 bits per heavy atom. The van der Waals surface area contributed by atoms with Gasteiger partial charge in [0.05, 0.1) is 11.1 Å². The fraction of sp³-hybridized carbons (Fsp3) is 0.265. The van der Waals surface area contributed by atoms with Gasteiger partial charge in [0.15, 0.2) is 0 Å². The third-order valence-corrected chi connectivity index (χ3v) is 6.64. The monoisotopic (exact) mass is 596 g/mol. The molecule has 1 heterocycles. The van der Waals surface area contributed by atoms with Gasteiger partial charge in [0.2, 0.25) is 6.79 Å². The second kappa shape index (κ2) is 14.3. The lowest BCUT2D eigenvalue weighted by molar-refractivity contribution is -0.173. The van der Waals surface area contributed by atoms with Gasteiger partial charge in [-0.2, -0.15) is 0 Å². The molecular weight excluding hydrogens is 560 g/mol. The summed E-state index contributed by atoms with van der Waals surface area (Å²) in [4.78, 5) is 40.7. The third kappa shape index (κ3) is 8.87. The largest absolute Gasteiger partial charge is 0.444 e. The number of imidazole rings is 1. The first-order valence-corrected chi connectivity index (χ1v) is 14.1. The summed E-state index contributed by atoms with van der Waals surface area (Å²) >= 11 is 0. The van der Waals surface area contributed by atoms with E-state index in [2.05, 4.69) is 5.32 Å². The van der Waals surface area contributed by atoms with Crippen molar-refractivity contribution in [3.05, 3.63) is 102 Å². The van der Waals surface area contributed by atoms with Crippen LogP contribution in [0.5, 0.6) is 0 Å². The maximum Gasteiger partial charge on any atom is 0.413 e. The molecule has 1 aromatic heterocycles. The molecule has 0 spiro atoms. The first-order chi connectivity index (χ1) is 21.0. The van der Waals surface area contributed by atoms with Crippen molar-refractivity contribution < 1.29 is 28.6 Å². The quantitative estimate of drug-likeness (QED) is 0.0989. The molecule has 4 rings (SSSR count). The number of nitrogens with zero attached hydrogens (tertiary/aromatic N) is 2. The van der Waals surface area contributed by atoms with Gasteiger partial charge in [-0.25, -0.2) is 9.78 Å². The molecule has 10 nitrogen and oxygen atoms in total. The van der Waals surface area contributed by atoms with Gasteiger partial charge < -0.3 is 18.8 Å². The first kappa shape index (κ1) is 31.7. The van der Waals surface area contributed by atoms with E-state index in [4.69, 9.17) is 24.6 Å². The number of benzene rings is 3. The van der Waals surface area contributed by atoms with E-state index < -0.39 is 23.4 Å². The Labute approximate surface area is 256 Å². The Hall–Kier alpha value is -5.25. The molecule has 4 aromatic rings. The lowest BCUT2D eigenvalue weighted by Gasteiger charge is -2.16. The van der Waals surface area contributed by atoms with E-state index in [1.54, 1.807) is 32.9 Å². The number of rotatable bonds is 10. The van der Waals surface area contributed by atoms with Crippen LogP contribution in [0.3, 0.4) is 0 Å². The number of alkyl carbamates (subject to hydrolysis) is 1. The molecule has 0 bridgehead atoms. The van der Waals surface area contributed by atoms with Gasteiger partial charge >= 0.3 is 18.0 Å². The zero-order chi connectivity index (χ0) is 31.7. The van der Waals surface area contributed by atoms with Gasteiger partial charge in [0, 0.05) is 36.4 Å². The number of esters is 2. The molecule has 0 aliphatic heterocycles. The second-order valence-electron chi connectivity index (χ2n) is 11.2. The first-order valence-electron chi connectivity index (χ1n) is 14.1. The van der Waals surface area contributed by atoms with Gasteiger partial charge in [0.1, 0.15) is 18.3 Å². The van der Waals surface area contributed by atoms with Gasteiger partial charge in [-0.1, -0.05) is 78.9 Å². The van der Waals surface area contributed by atoms with Crippen LogP contribution < -0.4 is 5.32 Å². The molecule has 2 N–H and O–H groups in total. The van der Waals surface area contributed by atoms with E-state index >= 15 is 0 Å². The molecular formula is C34H36N4O6. The van der Waals surface area contributed by atoms with Crippen molar-refractivity contribution in [2.45, 2.75) is 40.2 Å². The molecule has 0 fully saturated rings. The van der Waals surface area contributed by atoms with E-state index in [0.717, 1.165) is 33.8 Å². The highest BCUT2D eigenvalue weighted by Crippen LogP contribution is 2.25. The highest BCUT2D eigenvalue weighted by atomic mass is 16.7. The number of carbonyl (C=O) groups is 3. The number of nitrogens with one attached hydrogen (secondary N) is 2. The topological polar surface area (TPSA) is 133 Å². The number of carbonyl (C=O) groups excluding carboxylic acids is 3. The van der Waals surface area contributed by atoms with Crippen LogP contribution in [-0.4, -0.2) is 40.2 Å². The molecule has 0 aliphatic rings. The number of aryl methyl sites for hydroxylation is 2. The van der Waals surface area contributed by atoms with Gasteiger partial charge in [-0.3, -0.25) is 20.3 Å². The SMILES string of the molecule is Cn1cc(-c2ccc(C(=N)NC(=O)OCc3ccccc3)cc2)nc1-c1ccc(CCC(=O)OCOC(=O)C(C)(C)C)cc1. The summed E-state index contributed by atoms with van der Waals surface area (Å²) in [6.07, 6.45) is 1.88. The summed E-state index contributed by atoms with van der Waals surface area (Å²) in [7, 11) is 1.91. The van der Waals surface area contributed by atoms with Crippen molar-refractivity contribution >= 4 is 23.9 Å². The Morgan fingerprint density at radius 2 is 1.50 bits per heavy atom. The summed E-state index contributed by atoms with van der Waals surface area (Å²) < 4.78 is 17.1. The molecule has 44 heavy (non-hydrogen) atoms. The van der Waals surface area contributed by atoms with Gasteiger partial charge in [0.25, 0.3) is 0 Å². The van der Waals surface area contributed by atoms with Crippen molar-refractivity contribution in [1.29, 1.82) is 5.41 Å². The van der Waals surface area contributed by atoms with Crippen LogP contribution in [0, 0.1) is 10.8 Å². The fourth-order valence-corrected chi connectivity index (χ4v) is 4.12. The fourth-order valence-electron chi connectivity index (χ4n) is 4.12. The van der Waals surface area contributed by atoms with Crippen molar-refractivity contribution in [1.82, 2.24) is 14.9 Å². The van der Waals surface area contributed by atoms with Crippen molar-refractivity contribution in [3.63, 3.8) is 0 Å². The number of hydrogen-bond donors (Lipinski definition) is 2. The number of amides is 1. The summed E-state index contributed by atoms with van der Waals surface area (Å²) in [5, 5.41) is 10.7. The molecule has 0 aliphatic carbocycles. The molecule has 0 unspecified atom stereocenters. The smallest absolute Gasteiger partial charge is 0.413 e. The average Bonchev–Trinajstić information content (AvgIpc) is 3.40. The van der Waals surface area contributed by atoms with Crippen LogP contribution in [-0.2, 0) is 43.9 Å². The van der Waals surface area contributed by atoms with Gasteiger partial charge in [-0.15, -0.1) is 0 Å². The molecule has 228 valence electrons. The van der Waals surface area contributed by atoms with E-state index in [-0.39, 0.29) is 25.7 Å². The lowest BCUT2D eigenvalue weighted by atomic mass is 9.98. The molecule has 0 saturated heterocycles. The number of hydrogen-bond acceptors (Lipinski definition) is 8. The minimum absolute atomic E-state index is 0.0614. The number of ether oxygens (including phenoxy) is 3. The summed E-state index contributed by atoms with van der Waals surface area (Å²) in [5.41, 5.74) is 4.23. The van der Waals surface area contributed by atoms with Crippen LogP contribution in [0.15, 0.2) is 85.1 Å². The summed E-state index contributed by atoms with van der Waals surface area (Å²) in [6, 6.07) is 24.3. The van der Waals surface area contributed by atoms with Crippen LogP contribution in [0.25, 0.3) is 22.6 Å². The van der Waals surface area contributed by atoms with Crippen molar-refractivity contribution in [3.8, 4) is 22.6 Å². The molecule has 0 atom stereocenters. The molecule has 0 radical (unpaired) electrons. The van der Waals surface area contributed by atoms with E-state index in [1.807, 2.05) is 84.5 Å². The minimum atomic E-state index is -0.692. The van der Waals surface area contributed by atoms with E-state index in [0.29, 0.717) is 12.0 Å². The predicted molar refractivity (Wildman–Crippen MR) is 165 cm³/mol. The van der Waals surface area contributed by atoms with E-state index in [1.165, 1.54) is 0 Å². The average molecular weight is 597 g/mol. The maximum atomic E-state index is 12.1. The third-order valence-electron chi connectivity index (χ3n) is 6.64. The Balaban J connectivity index is 1.28. The Bertz CT molecular complexity index is 1600. The van der Waals surface area contributed by atoms with E-state index in [9.17, 15) is 14.4 Å². The molecule has 0 saturated carbocycles. The van der Waals surface area contributed by atoms with Crippen molar-refractivity contribution in [2.24, 2.45) is 12.5 Å². The maximum absolute atomic E-state index is 12.1. The molecule has 1 amide bonds. The second-order valence-corrected chi connectivity index (χ2v) is 11.2. The standard InChI is InChI=1S/C34H36N4O6/c1-34(2,3)32(40)44-22-43-29(39)19-12-23-10-13-27(14-11-23)31-36-28(20-38(31)4)25-15-17-26(18-16-25)30(35)37-33(41)42-21-24-8-6-5-7-9-24/h5-11,13-18,20H,12,19,21-22H2,1-4H3,(H2,35,37,41). The Morgan fingerprint density at radius 3 is 2.16 bits per heavy atom. The predicted octanol–water partition coefficient (Wildman–Crippen LogP) is 6.03. The Kier molecular flexibility index (Phi) is 10.3. The zero-order valence-electron chi connectivity index (χ0n) is 25.3. The van der Waals surface area contributed by atoms with Crippen molar-refractivity contribution in [2.75, 3.05) is 6.79 Å². The number of aromatic nitrogens is 2. The lowest BCUT2D eigenvalue weighted by Crippen LogP contribution is -2.30. The van der Waals surface area contributed by atoms with Crippen LogP contribution >= 0.6 is 0 Å². The highest BCUT2D eigenvalue weighted by Gasteiger charge is 2.23. The molecule has 10 heteroatoms. The summed E-state index contributed by atoms with van der Waals surface area (Å²) in [6.45, 7) is 4.92. The van der Waals surface area contributed by atoms with Crippen LogP contribution in [0.1, 0.15) is 43.9 Å². The highest BCUT2D eigenvalue weighted by molar-refractivity contribution is 6.04.